The van der Waals surface area contributed by atoms with Crippen molar-refractivity contribution in [2.45, 2.75) is 24.7 Å². The molecule has 0 aliphatic rings. The van der Waals surface area contributed by atoms with E-state index in [0.717, 1.165) is 22.2 Å². The number of aliphatic hydroxyl groups excluding tert-OH is 1. The van der Waals surface area contributed by atoms with E-state index in [-0.39, 0.29) is 12.5 Å². The van der Waals surface area contributed by atoms with Gasteiger partial charge in [0.1, 0.15) is 0 Å². The van der Waals surface area contributed by atoms with Gasteiger partial charge in [0.25, 0.3) is 0 Å². The molecule has 0 atom stereocenters. The number of benzene rings is 1. The highest BCUT2D eigenvalue weighted by atomic mass is 79.9. The maximum atomic E-state index is 11.6. The maximum Gasteiger partial charge on any atom is 0.230 e. The van der Waals surface area contributed by atoms with E-state index < -0.39 is 0 Å². The second-order valence-electron chi connectivity index (χ2n) is 3.98. The van der Waals surface area contributed by atoms with Gasteiger partial charge in [0, 0.05) is 22.5 Å². The minimum absolute atomic E-state index is 0.0419. The molecule has 1 amide bonds. The van der Waals surface area contributed by atoms with Crippen molar-refractivity contribution in [3.8, 4) is 0 Å². The van der Waals surface area contributed by atoms with Crippen molar-refractivity contribution in [1.82, 2.24) is 5.32 Å². The second-order valence-corrected chi connectivity index (χ2v) is 5.91. The zero-order valence-corrected chi connectivity index (χ0v) is 12.8. The van der Waals surface area contributed by atoms with Crippen LogP contribution in [0.5, 0.6) is 0 Å². The van der Waals surface area contributed by atoms with Gasteiger partial charge in [0.15, 0.2) is 0 Å². The van der Waals surface area contributed by atoms with Crippen LogP contribution < -0.4 is 5.32 Å². The fourth-order valence-electron chi connectivity index (χ4n) is 1.43. The van der Waals surface area contributed by atoms with Gasteiger partial charge in [0.2, 0.25) is 5.91 Å². The van der Waals surface area contributed by atoms with E-state index in [4.69, 9.17) is 5.11 Å². The molecule has 0 aliphatic carbocycles. The zero-order chi connectivity index (χ0) is 13.4. The van der Waals surface area contributed by atoms with E-state index in [1.165, 1.54) is 5.56 Å². The van der Waals surface area contributed by atoms with Crippen LogP contribution in [0.3, 0.4) is 0 Å². The Labute approximate surface area is 120 Å². The number of carbonyl (C=O) groups excluding carboxylic acids is 1. The lowest BCUT2D eigenvalue weighted by Crippen LogP contribution is -2.26. The number of amides is 1. The standard InChI is InChI=1S/C13H18BrNO2S/c1-10-8-11(14)4-5-12(10)18-9-13(17)15-6-2-3-7-16/h4-5,8,16H,2-3,6-7,9H2,1H3,(H,15,17). The molecule has 1 rings (SSSR count). The Kier molecular flexibility index (Phi) is 7.39. The lowest BCUT2D eigenvalue weighted by atomic mass is 10.2. The highest BCUT2D eigenvalue weighted by Crippen LogP contribution is 2.24. The van der Waals surface area contributed by atoms with Crippen LogP contribution >= 0.6 is 27.7 Å². The number of aryl methyl sites for hydroxylation is 1. The molecule has 0 spiro atoms. The molecular formula is C13H18BrNO2S. The van der Waals surface area contributed by atoms with Crippen molar-refractivity contribution in [2.75, 3.05) is 18.9 Å². The Morgan fingerprint density at radius 2 is 2.22 bits per heavy atom. The van der Waals surface area contributed by atoms with Crippen LogP contribution in [0.25, 0.3) is 0 Å². The smallest absolute Gasteiger partial charge is 0.230 e. The van der Waals surface area contributed by atoms with E-state index in [1.807, 2.05) is 25.1 Å². The molecule has 0 bridgehead atoms. The fourth-order valence-corrected chi connectivity index (χ4v) is 2.75. The second kappa shape index (κ2) is 8.56. The molecule has 3 nitrogen and oxygen atoms in total. The van der Waals surface area contributed by atoms with Crippen molar-refractivity contribution in [3.63, 3.8) is 0 Å². The van der Waals surface area contributed by atoms with Gasteiger partial charge < -0.3 is 10.4 Å². The molecule has 100 valence electrons. The summed E-state index contributed by atoms with van der Waals surface area (Å²) in [5.74, 6) is 0.474. The van der Waals surface area contributed by atoms with E-state index in [2.05, 4.69) is 21.2 Å². The molecule has 18 heavy (non-hydrogen) atoms. The third kappa shape index (κ3) is 5.89. The van der Waals surface area contributed by atoms with Gasteiger partial charge in [-0.3, -0.25) is 4.79 Å². The summed E-state index contributed by atoms with van der Waals surface area (Å²) < 4.78 is 1.05. The predicted octanol–water partition coefficient (Wildman–Crippen LogP) is 2.74. The summed E-state index contributed by atoms with van der Waals surface area (Å²) in [4.78, 5) is 12.7. The number of rotatable bonds is 7. The molecule has 1 aromatic carbocycles. The molecule has 0 saturated carbocycles. The number of carbonyl (C=O) groups is 1. The number of aliphatic hydroxyl groups is 1. The Balaban J connectivity index is 2.29. The number of hydrogen-bond acceptors (Lipinski definition) is 3. The number of unbranched alkanes of at least 4 members (excludes halogenated alkanes) is 1. The summed E-state index contributed by atoms with van der Waals surface area (Å²) in [6.45, 7) is 2.86. The van der Waals surface area contributed by atoms with Gasteiger partial charge in [-0.05, 0) is 43.5 Å². The normalized spacial score (nSPS) is 10.4. The van der Waals surface area contributed by atoms with Crippen molar-refractivity contribution in [3.05, 3.63) is 28.2 Å². The van der Waals surface area contributed by atoms with Gasteiger partial charge in [-0.15, -0.1) is 11.8 Å². The molecule has 1 aromatic rings. The molecule has 0 fully saturated rings. The quantitative estimate of drug-likeness (QED) is 0.596. The largest absolute Gasteiger partial charge is 0.396 e. The summed E-state index contributed by atoms with van der Waals surface area (Å²) in [5, 5.41) is 11.5. The maximum absolute atomic E-state index is 11.6. The van der Waals surface area contributed by atoms with E-state index >= 15 is 0 Å². The Bertz CT molecular complexity index is 399. The van der Waals surface area contributed by atoms with Crippen molar-refractivity contribution >= 4 is 33.6 Å². The molecular weight excluding hydrogens is 314 g/mol. The zero-order valence-electron chi connectivity index (χ0n) is 10.4. The summed E-state index contributed by atoms with van der Waals surface area (Å²) in [7, 11) is 0. The first kappa shape index (κ1) is 15.5. The van der Waals surface area contributed by atoms with E-state index in [0.29, 0.717) is 12.3 Å². The fraction of sp³-hybridized carbons (Fsp3) is 0.462. The Morgan fingerprint density at radius 3 is 2.89 bits per heavy atom. The van der Waals surface area contributed by atoms with Crippen LogP contribution in [-0.2, 0) is 4.79 Å². The lowest BCUT2D eigenvalue weighted by Gasteiger charge is -2.07. The first-order chi connectivity index (χ1) is 8.63. The van der Waals surface area contributed by atoms with Crippen molar-refractivity contribution in [1.29, 1.82) is 0 Å². The average Bonchev–Trinajstić information content (AvgIpc) is 2.33. The molecule has 2 N–H and O–H groups in total. The summed E-state index contributed by atoms with van der Waals surface area (Å²) >= 11 is 4.96. The third-order valence-electron chi connectivity index (χ3n) is 2.40. The minimum atomic E-state index is 0.0419. The molecule has 0 saturated heterocycles. The van der Waals surface area contributed by atoms with Crippen molar-refractivity contribution < 1.29 is 9.90 Å². The van der Waals surface area contributed by atoms with E-state index in [9.17, 15) is 4.79 Å². The highest BCUT2D eigenvalue weighted by molar-refractivity contribution is 9.10. The summed E-state index contributed by atoms with van der Waals surface area (Å²) in [5.41, 5.74) is 1.17. The van der Waals surface area contributed by atoms with Crippen molar-refractivity contribution in [2.24, 2.45) is 0 Å². The molecule has 0 unspecified atom stereocenters. The SMILES string of the molecule is Cc1cc(Br)ccc1SCC(=O)NCCCCO. The highest BCUT2D eigenvalue weighted by Gasteiger charge is 2.04. The van der Waals surface area contributed by atoms with Crippen LogP contribution in [-0.4, -0.2) is 29.9 Å². The molecule has 0 aliphatic heterocycles. The van der Waals surface area contributed by atoms with Gasteiger partial charge in [-0.25, -0.2) is 0 Å². The van der Waals surface area contributed by atoms with Crippen LogP contribution in [0.4, 0.5) is 0 Å². The molecule has 0 aromatic heterocycles. The van der Waals surface area contributed by atoms with Gasteiger partial charge in [-0.1, -0.05) is 15.9 Å². The van der Waals surface area contributed by atoms with Gasteiger partial charge >= 0.3 is 0 Å². The lowest BCUT2D eigenvalue weighted by molar-refractivity contribution is -0.118. The Morgan fingerprint density at radius 1 is 1.44 bits per heavy atom. The summed E-state index contributed by atoms with van der Waals surface area (Å²) in [6, 6.07) is 6.04. The first-order valence-corrected chi connectivity index (χ1v) is 7.68. The average molecular weight is 332 g/mol. The van der Waals surface area contributed by atoms with Gasteiger partial charge in [0.05, 0.1) is 5.75 Å². The van der Waals surface area contributed by atoms with Crippen LogP contribution in [0.15, 0.2) is 27.6 Å². The topological polar surface area (TPSA) is 49.3 Å². The number of thioether (sulfide) groups is 1. The minimum Gasteiger partial charge on any atom is -0.396 e. The van der Waals surface area contributed by atoms with Crippen LogP contribution in [0.2, 0.25) is 0 Å². The molecule has 0 radical (unpaired) electrons. The predicted molar refractivity (Wildman–Crippen MR) is 78.9 cm³/mol. The number of nitrogens with one attached hydrogen (secondary N) is 1. The number of hydrogen-bond donors (Lipinski definition) is 2. The van der Waals surface area contributed by atoms with Crippen LogP contribution in [0, 0.1) is 6.92 Å². The van der Waals surface area contributed by atoms with Gasteiger partial charge in [-0.2, -0.15) is 0 Å². The first-order valence-electron chi connectivity index (χ1n) is 5.90. The Hall–Kier alpha value is -0.520. The molecule has 0 heterocycles. The third-order valence-corrected chi connectivity index (χ3v) is 4.07. The van der Waals surface area contributed by atoms with E-state index in [1.54, 1.807) is 11.8 Å². The molecule has 5 heteroatoms. The monoisotopic (exact) mass is 331 g/mol. The number of halogens is 1. The van der Waals surface area contributed by atoms with Crippen LogP contribution in [0.1, 0.15) is 18.4 Å². The summed E-state index contributed by atoms with van der Waals surface area (Å²) in [6.07, 6.45) is 1.56.